The summed E-state index contributed by atoms with van der Waals surface area (Å²) in [6.45, 7) is 1.82. The predicted octanol–water partition coefficient (Wildman–Crippen LogP) is 2.80. The lowest BCUT2D eigenvalue weighted by Crippen LogP contribution is -2.59. The van der Waals surface area contributed by atoms with Gasteiger partial charge in [0.15, 0.2) is 5.65 Å². The average Bonchev–Trinajstić information content (AvgIpc) is 3.32. The minimum absolute atomic E-state index is 0.247. The molecule has 4 rings (SSSR count). The van der Waals surface area contributed by atoms with Crippen molar-refractivity contribution in [2.75, 3.05) is 7.11 Å². The van der Waals surface area contributed by atoms with Gasteiger partial charge in [-0.1, -0.05) is 0 Å². The third-order valence-corrected chi connectivity index (χ3v) is 6.48. The van der Waals surface area contributed by atoms with E-state index in [0.29, 0.717) is 34.5 Å². The first-order valence-electron chi connectivity index (χ1n) is 9.68. The second kappa shape index (κ2) is 7.97. The standard InChI is InChI=1S/C20H21F2N5O3S/c1-10-12(13-8-25-27-9-11(19(29)30-2)7-24-17(13)27)6-15(31-10)18(28)26-16-14(23)4-3-5-20(16,21)22/h6-9,14,16H,3-5,23H2,1-2H3,(H,26,28)/t14-,16-/m1/s1. The predicted molar refractivity (Wildman–Crippen MR) is 110 cm³/mol. The molecule has 1 aliphatic carbocycles. The van der Waals surface area contributed by atoms with E-state index in [1.807, 2.05) is 6.92 Å². The SMILES string of the molecule is COC(=O)c1cnc2c(-c3cc(C(=O)N[C@@H]4[C@H](N)CCCC4(F)F)sc3C)cnn2c1. The van der Waals surface area contributed by atoms with Gasteiger partial charge in [-0.3, -0.25) is 4.79 Å². The first-order valence-corrected chi connectivity index (χ1v) is 10.5. The van der Waals surface area contributed by atoms with Crippen LogP contribution in [0.5, 0.6) is 0 Å². The van der Waals surface area contributed by atoms with Gasteiger partial charge in [0.05, 0.1) is 23.7 Å². The van der Waals surface area contributed by atoms with Crippen molar-refractivity contribution in [1.29, 1.82) is 0 Å². The Morgan fingerprint density at radius 1 is 1.35 bits per heavy atom. The Morgan fingerprint density at radius 3 is 2.84 bits per heavy atom. The molecule has 3 heterocycles. The van der Waals surface area contributed by atoms with Crippen LogP contribution in [0, 0.1) is 6.92 Å². The highest BCUT2D eigenvalue weighted by molar-refractivity contribution is 7.14. The molecule has 0 radical (unpaired) electrons. The van der Waals surface area contributed by atoms with Crippen LogP contribution in [-0.4, -0.2) is 51.6 Å². The summed E-state index contributed by atoms with van der Waals surface area (Å²) in [6.07, 6.45) is 4.94. The lowest BCUT2D eigenvalue weighted by Gasteiger charge is -2.36. The van der Waals surface area contributed by atoms with Crippen molar-refractivity contribution in [3.05, 3.63) is 40.0 Å². The molecular formula is C20H21F2N5O3S. The van der Waals surface area contributed by atoms with Crippen molar-refractivity contribution in [2.24, 2.45) is 5.73 Å². The zero-order valence-corrected chi connectivity index (χ0v) is 17.7. The summed E-state index contributed by atoms with van der Waals surface area (Å²) in [6, 6.07) is -0.551. The highest BCUT2D eigenvalue weighted by atomic mass is 32.1. The fourth-order valence-electron chi connectivity index (χ4n) is 3.78. The molecule has 1 amide bonds. The smallest absolute Gasteiger partial charge is 0.341 e. The summed E-state index contributed by atoms with van der Waals surface area (Å²) >= 11 is 1.19. The lowest BCUT2D eigenvalue weighted by molar-refractivity contribution is -0.0674. The number of carbonyl (C=O) groups excluding carboxylic acids is 2. The maximum atomic E-state index is 14.2. The number of carbonyl (C=O) groups is 2. The van der Waals surface area contributed by atoms with Gasteiger partial charge in [0.25, 0.3) is 11.8 Å². The van der Waals surface area contributed by atoms with Gasteiger partial charge in [-0.05, 0) is 25.8 Å². The summed E-state index contributed by atoms with van der Waals surface area (Å²) in [5.74, 6) is -4.15. The number of aryl methyl sites for hydroxylation is 1. The number of methoxy groups -OCH3 is 1. The van der Waals surface area contributed by atoms with Crippen LogP contribution >= 0.6 is 11.3 Å². The molecule has 8 nitrogen and oxygen atoms in total. The maximum Gasteiger partial charge on any atom is 0.341 e. The molecule has 1 aliphatic rings. The number of rotatable bonds is 4. The third-order valence-electron chi connectivity index (χ3n) is 5.43. The number of alkyl halides is 2. The van der Waals surface area contributed by atoms with Crippen LogP contribution < -0.4 is 11.1 Å². The second-order valence-corrected chi connectivity index (χ2v) is 8.77. The molecule has 3 aromatic heterocycles. The first kappa shape index (κ1) is 21.3. The van der Waals surface area contributed by atoms with Crippen LogP contribution in [-0.2, 0) is 4.74 Å². The Bertz CT molecular complexity index is 1160. The number of aromatic nitrogens is 3. The van der Waals surface area contributed by atoms with Gasteiger partial charge in [0, 0.05) is 40.9 Å². The molecule has 164 valence electrons. The quantitative estimate of drug-likeness (QED) is 0.593. The zero-order valence-electron chi connectivity index (χ0n) is 16.9. The van der Waals surface area contributed by atoms with E-state index in [9.17, 15) is 18.4 Å². The van der Waals surface area contributed by atoms with E-state index >= 15 is 0 Å². The Morgan fingerprint density at radius 2 is 2.13 bits per heavy atom. The number of hydrogen-bond donors (Lipinski definition) is 2. The van der Waals surface area contributed by atoms with Crippen molar-refractivity contribution in [3.63, 3.8) is 0 Å². The molecule has 0 aromatic carbocycles. The molecule has 3 aromatic rings. The van der Waals surface area contributed by atoms with Crippen LogP contribution in [0.1, 0.15) is 44.2 Å². The monoisotopic (exact) mass is 449 g/mol. The number of hydrogen-bond acceptors (Lipinski definition) is 7. The van der Waals surface area contributed by atoms with Gasteiger partial charge in [-0.15, -0.1) is 11.3 Å². The first-order chi connectivity index (χ1) is 14.7. The molecule has 0 saturated heterocycles. The van der Waals surface area contributed by atoms with Crippen molar-refractivity contribution in [3.8, 4) is 11.1 Å². The Hall–Kier alpha value is -2.92. The third kappa shape index (κ3) is 3.90. The Balaban J connectivity index is 1.62. The van der Waals surface area contributed by atoms with E-state index in [1.165, 1.54) is 35.4 Å². The second-order valence-electron chi connectivity index (χ2n) is 7.51. The topological polar surface area (TPSA) is 112 Å². The normalized spacial score (nSPS) is 20.5. The molecule has 0 unspecified atom stereocenters. The molecule has 11 heteroatoms. The number of amides is 1. The fourth-order valence-corrected chi connectivity index (χ4v) is 4.72. The van der Waals surface area contributed by atoms with Crippen LogP contribution in [0.25, 0.3) is 16.8 Å². The van der Waals surface area contributed by atoms with Gasteiger partial charge in [-0.25, -0.2) is 23.1 Å². The summed E-state index contributed by atoms with van der Waals surface area (Å²) in [7, 11) is 1.28. The molecular weight excluding hydrogens is 428 g/mol. The number of nitrogens with one attached hydrogen (secondary N) is 1. The van der Waals surface area contributed by atoms with E-state index in [4.69, 9.17) is 5.73 Å². The van der Waals surface area contributed by atoms with Crippen molar-refractivity contribution < 1.29 is 23.1 Å². The van der Waals surface area contributed by atoms with Gasteiger partial charge < -0.3 is 15.8 Å². The van der Waals surface area contributed by atoms with Crippen molar-refractivity contribution in [2.45, 2.75) is 44.2 Å². The van der Waals surface area contributed by atoms with Crippen LogP contribution in [0.2, 0.25) is 0 Å². The van der Waals surface area contributed by atoms with Gasteiger partial charge >= 0.3 is 5.97 Å². The minimum Gasteiger partial charge on any atom is -0.465 e. The van der Waals surface area contributed by atoms with Crippen LogP contribution in [0.15, 0.2) is 24.7 Å². The van der Waals surface area contributed by atoms with E-state index in [-0.39, 0.29) is 12.0 Å². The lowest BCUT2D eigenvalue weighted by atomic mass is 9.87. The van der Waals surface area contributed by atoms with Crippen LogP contribution in [0.4, 0.5) is 8.78 Å². The summed E-state index contributed by atoms with van der Waals surface area (Å²) in [4.78, 5) is 29.8. The summed E-state index contributed by atoms with van der Waals surface area (Å²) in [5.41, 5.74) is 7.96. The zero-order chi connectivity index (χ0) is 22.3. The van der Waals surface area contributed by atoms with Gasteiger partial charge in [-0.2, -0.15) is 5.10 Å². The van der Waals surface area contributed by atoms with Crippen molar-refractivity contribution in [1.82, 2.24) is 19.9 Å². The van der Waals surface area contributed by atoms with Gasteiger partial charge in [0.2, 0.25) is 0 Å². The fraction of sp³-hybridized carbons (Fsp3) is 0.400. The summed E-state index contributed by atoms with van der Waals surface area (Å²) in [5, 5.41) is 6.66. The van der Waals surface area contributed by atoms with E-state index < -0.39 is 29.9 Å². The molecule has 31 heavy (non-hydrogen) atoms. The minimum atomic E-state index is -3.04. The van der Waals surface area contributed by atoms with E-state index in [0.717, 1.165) is 4.88 Å². The molecule has 1 fully saturated rings. The number of nitrogens with zero attached hydrogens (tertiary/aromatic N) is 3. The molecule has 0 bridgehead atoms. The Labute approximate surface area is 180 Å². The number of halogens is 2. The van der Waals surface area contributed by atoms with Gasteiger partial charge in [0.1, 0.15) is 6.04 Å². The maximum absolute atomic E-state index is 14.2. The van der Waals surface area contributed by atoms with Crippen molar-refractivity contribution >= 4 is 28.9 Å². The number of thiophene rings is 1. The number of fused-ring (bicyclic) bond motifs is 1. The highest BCUT2D eigenvalue weighted by Gasteiger charge is 2.46. The Kier molecular flexibility index (Phi) is 5.48. The molecule has 3 N–H and O–H groups in total. The number of nitrogens with two attached hydrogens (primary N) is 1. The number of ether oxygens (including phenoxy) is 1. The van der Waals surface area contributed by atoms with E-state index in [2.05, 4.69) is 20.1 Å². The summed E-state index contributed by atoms with van der Waals surface area (Å²) < 4.78 is 34.6. The largest absolute Gasteiger partial charge is 0.465 e. The molecule has 2 atom stereocenters. The average molecular weight is 449 g/mol. The van der Waals surface area contributed by atoms with E-state index in [1.54, 1.807) is 12.3 Å². The molecule has 1 saturated carbocycles. The molecule has 0 spiro atoms. The molecule has 0 aliphatic heterocycles. The van der Waals surface area contributed by atoms with Crippen LogP contribution in [0.3, 0.4) is 0 Å². The highest BCUT2D eigenvalue weighted by Crippen LogP contribution is 2.35. The number of esters is 1.